The zero-order valence-electron chi connectivity index (χ0n) is 12.5. The van der Waals surface area contributed by atoms with Crippen molar-refractivity contribution in [3.63, 3.8) is 0 Å². The predicted molar refractivity (Wildman–Crippen MR) is 91.9 cm³/mol. The lowest BCUT2D eigenvalue weighted by atomic mass is 10.0. The van der Waals surface area contributed by atoms with Gasteiger partial charge in [-0.3, -0.25) is 4.79 Å². The molecule has 2 aromatic rings. The van der Waals surface area contributed by atoms with Crippen molar-refractivity contribution in [2.75, 3.05) is 13.1 Å². The Morgan fingerprint density at radius 3 is 2.95 bits per heavy atom. The van der Waals surface area contributed by atoms with Gasteiger partial charge in [-0.2, -0.15) is 0 Å². The second kappa shape index (κ2) is 8.36. The largest absolute Gasteiger partial charge is 0.350 e. The highest BCUT2D eigenvalue weighted by Gasteiger charge is 2.17. The van der Waals surface area contributed by atoms with Crippen molar-refractivity contribution in [1.29, 1.82) is 0 Å². The van der Waals surface area contributed by atoms with Gasteiger partial charge in [0.2, 0.25) is 5.91 Å². The molecular weight excluding hydrogens is 323 g/mol. The minimum absolute atomic E-state index is 0. The number of carbonyl (C=O) groups is 1. The number of rotatable bonds is 4. The molecule has 122 valence electrons. The molecule has 0 saturated carbocycles. The molecule has 0 bridgehead atoms. The van der Waals surface area contributed by atoms with E-state index in [9.17, 15) is 4.79 Å². The molecule has 1 atom stereocenters. The summed E-state index contributed by atoms with van der Waals surface area (Å²) in [6.07, 6.45) is 5.72. The number of amides is 1. The summed E-state index contributed by atoms with van der Waals surface area (Å²) in [4.78, 5) is 16.4. The summed E-state index contributed by atoms with van der Waals surface area (Å²) >= 11 is 0. The quantitative estimate of drug-likeness (QED) is 0.892. The average Bonchev–Trinajstić information content (AvgIpc) is 3.04. The van der Waals surface area contributed by atoms with Gasteiger partial charge in [0, 0.05) is 18.8 Å². The van der Waals surface area contributed by atoms with Crippen LogP contribution in [0, 0.1) is 12.8 Å². The maximum absolute atomic E-state index is 11.9. The van der Waals surface area contributed by atoms with Crippen molar-refractivity contribution in [2.45, 2.75) is 26.3 Å². The first-order valence-electron chi connectivity index (χ1n) is 7.12. The monoisotopic (exact) mass is 344 g/mol. The van der Waals surface area contributed by atoms with Gasteiger partial charge < -0.3 is 15.0 Å². The fourth-order valence-corrected chi connectivity index (χ4v) is 2.65. The van der Waals surface area contributed by atoms with Gasteiger partial charge in [0.05, 0.1) is 12.2 Å². The molecule has 5 nitrogen and oxygen atoms in total. The number of fused-ring (bicyclic) bond motifs is 1. The van der Waals surface area contributed by atoms with Crippen LogP contribution >= 0.6 is 24.8 Å². The molecule has 1 aliphatic rings. The molecule has 0 aromatic carbocycles. The molecule has 0 radical (unpaired) electrons. The van der Waals surface area contributed by atoms with Crippen LogP contribution in [0.15, 0.2) is 24.5 Å². The lowest BCUT2D eigenvalue weighted by Gasteiger charge is -2.07. The molecule has 0 aliphatic carbocycles. The molecular formula is C15H22Cl2N4O. The molecule has 3 heterocycles. The third kappa shape index (κ3) is 4.60. The van der Waals surface area contributed by atoms with Crippen LogP contribution in [-0.2, 0) is 11.3 Å². The van der Waals surface area contributed by atoms with E-state index in [0.29, 0.717) is 18.9 Å². The standard InChI is InChI=1S/C15H20N4O.2ClH/c1-11-2-3-14-18-13(10-19(14)9-11)8-17-15(20)6-12-4-5-16-7-12;;/h2-3,9-10,12,16H,4-8H2,1H3,(H,17,20);2*1H. The summed E-state index contributed by atoms with van der Waals surface area (Å²) in [5.41, 5.74) is 3.01. The predicted octanol–water partition coefficient (Wildman–Crippen LogP) is 2.10. The minimum Gasteiger partial charge on any atom is -0.350 e. The van der Waals surface area contributed by atoms with E-state index < -0.39 is 0 Å². The van der Waals surface area contributed by atoms with E-state index in [4.69, 9.17) is 0 Å². The van der Waals surface area contributed by atoms with Gasteiger partial charge in [-0.1, -0.05) is 6.07 Å². The molecule has 3 rings (SSSR count). The smallest absolute Gasteiger partial charge is 0.220 e. The Morgan fingerprint density at radius 1 is 1.41 bits per heavy atom. The van der Waals surface area contributed by atoms with Gasteiger partial charge in [0.15, 0.2) is 0 Å². The van der Waals surface area contributed by atoms with Gasteiger partial charge >= 0.3 is 0 Å². The van der Waals surface area contributed by atoms with Crippen LogP contribution < -0.4 is 10.6 Å². The van der Waals surface area contributed by atoms with Crippen molar-refractivity contribution in [1.82, 2.24) is 20.0 Å². The van der Waals surface area contributed by atoms with Gasteiger partial charge in [-0.05, 0) is 44.0 Å². The Labute approximate surface area is 142 Å². The SMILES string of the molecule is Cc1ccc2nc(CNC(=O)CC3CCNC3)cn2c1.Cl.Cl. The van der Waals surface area contributed by atoms with Crippen LogP contribution in [0.4, 0.5) is 0 Å². The second-order valence-corrected chi connectivity index (χ2v) is 5.54. The number of nitrogens with one attached hydrogen (secondary N) is 2. The first kappa shape index (κ1) is 18.7. The number of hydrogen-bond acceptors (Lipinski definition) is 3. The molecule has 0 spiro atoms. The fourth-order valence-electron chi connectivity index (χ4n) is 2.65. The summed E-state index contributed by atoms with van der Waals surface area (Å²) in [6.45, 7) is 4.54. The number of nitrogens with zero attached hydrogens (tertiary/aromatic N) is 2. The molecule has 1 saturated heterocycles. The van der Waals surface area contributed by atoms with Crippen molar-refractivity contribution >= 4 is 36.4 Å². The summed E-state index contributed by atoms with van der Waals surface area (Å²) in [5.74, 6) is 0.602. The molecule has 1 unspecified atom stereocenters. The summed E-state index contributed by atoms with van der Waals surface area (Å²) in [5, 5.41) is 6.24. The van der Waals surface area contributed by atoms with Crippen LogP contribution in [0.1, 0.15) is 24.1 Å². The highest BCUT2D eigenvalue weighted by atomic mass is 35.5. The van der Waals surface area contributed by atoms with Crippen molar-refractivity contribution in [3.8, 4) is 0 Å². The number of pyridine rings is 1. The molecule has 2 N–H and O–H groups in total. The molecule has 1 aliphatic heterocycles. The lowest BCUT2D eigenvalue weighted by Crippen LogP contribution is -2.26. The van der Waals surface area contributed by atoms with E-state index in [-0.39, 0.29) is 30.7 Å². The summed E-state index contributed by atoms with van der Waals surface area (Å²) in [6, 6.07) is 4.03. The Balaban J connectivity index is 0.00000121. The minimum atomic E-state index is 0. The first-order valence-corrected chi connectivity index (χ1v) is 7.12. The van der Waals surface area contributed by atoms with Gasteiger partial charge in [-0.25, -0.2) is 4.98 Å². The third-order valence-electron chi connectivity index (χ3n) is 3.75. The number of halogens is 2. The number of aryl methyl sites for hydroxylation is 1. The van der Waals surface area contributed by atoms with Crippen molar-refractivity contribution < 1.29 is 4.79 Å². The van der Waals surface area contributed by atoms with Crippen LogP contribution in [0.25, 0.3) is 5.65 Å². The lowest BCUT2D eigenvalue weighted by molar-refractivity contribution is -0.122. The maximum Gasteiger partial charge on any atom is 0.220 e. The molecule has 7 heteroatoms. The van der Waals surface area contributed by atoms with Crippen molar-refractivity contribution in [2.24, 2.45) is 5.92 Å². The van der Waals surface area contributed by atoms with Gasteiger partial charge in [0.1, 0.15) is 5.65 Å². The summed E-state index contributed by atoms with van der Waals surface area (Å²) < 4.78 is 2.00. The van der Waals surface area contributed by atoms with Crippen molar-refractivity contribution in [3.05, 3.63) is 35.8 Å². The first-order chi connectivity index (χ1) is 9.70. The Hall–Kier alpha value is -1.30. The highest BCUT2D eigenvalue weighted by molar-refractivity contribution is 5.85. The molecule has 1 amide bonds. The number of imidazole rings is 1. The number of aromatic nitrogens is 2. The van der Waals surface area contributed by atoms with E-state index in [1.54, 1.807) is 0 Å². The molecule has 1 fully saturated rings. The van der Waals surface area contributed by atoms with E-state index in [0.717, 1.165) is 30.9 Å². The maximum atomic E-state index is 11.9. The number of carbonyl (C=O) groups excluding carboxylic acids is 1. The van der Waals surface area contributed by atoms with Crippen LogP contribution in [-0.4, -0.2) is 28.4 Å². The van der Waals surface area contributed by atoms with E-state index in [1.807, 2.05) is 28.9 Å². The highest BCUT2D eigenvalue weighted by Crippen LogP contribution is 2.12. The van der Waals surface area contributed by atoms with E-state index in [1.165, 1.54) is 5.56 Å². The van der Waals surface area contributed by atoms with E-state index >= 15 is 0 Å². The Kier molecular flexibility index (Phi) is 7.13. The van der Waals surface area contributed by atoms with Gasteiger partial charge in [0.25, 0.3) is 0 Å². The Morgan fingerprint density at radius 2 is 2.23 bits per heavy atom. The molecule has 22 heavy (non-hydrogen) atoms. The van der Waals surface area contributed by atoms with Crippen LogP contribution in [0.5, 0.6) is 0 Å². The zero-order valence-corrected chi connectivity index (χ0v) is 14.2. The fraction of sp³-hybridized carbons (Fsp3) is 0.467. The second-order valence-electron chi connectivity index (χ2n) is 5.54. The van der Waals surface area contributed by atoms with E-state index in [2.05, 4.69) is 22.5 Å². The number of hydrogen-bond donors (Lipinski definition) is 2. The Bertz CT molecular complexity index is 623. The van der Waals surface area contributed by atoms with Crippen LogP contribution in [0.2, 0.25) is 0 Å². The third-order valence-corrected chi connectivity index (χ3v) is 3.75. The normalized spacial score (nSPS) is 16.9. The summed E-state index contributed by atoms with van der Waals surface area (Å²) in [7, 11) is 0. The molecule has 2 aromatic heterocycles. The van der Waals surface area contributed by atoms with Crippen LogP contribution in [0.3, 0.4) is 0 Å². The average molecular weight is 345 g/mol. The van der Waals surface area contributed by atoms with Gasteiger partial charge in [-0.15, -0.1) is 24.8 Å². The zero-order chi connectivity index (χ0) is 13.9. The topological polar surface area (TPSA) is 58.4 Å².